The molecule has 0 spiro atoms. The van der Waals surface area contributed by atoms with E-state index in [0.717, 1.165) is 28.4 Å². The summed E-state index contributed by atoms with van der Waals surface area (Å²) in [6, 6.07) is 20.4. The van der Waals surface area contributed by atoms with Crippen molar-refractivity contribution in [2.75, 3.05) is 11.2 Å². The number of aromatic nitrogens is 2. The number of halogens is 1. The first kappa shape index (κ1) is 24.1. The molecule has 1 aliphatic rings. The lowest BCUT2D eigenvalue weighted by molar-refractivity contribution is -0.120. The SMILES string of the molecule is CC[C@@H]1[C@@H](NS(C)(=O)=O)[C@H](Cc2ccccc2)C(=O)N1c1ccc2c(cnn2-c2ccc(F)cc2)c1. The van der Waals surface area contributed by atoms with Crippen molar-refractivity contribution < 1.29 is 17.6 Å². The Morgan fingerprint density at radius 3 is 2.36 bits per heavy atom. The van der Waals surface area contributed by atoms with Crippen LogP contribution in [0.3, 0.4) is 0 Å². The Labute approximate surface area is 209 Å². The van der Waals surface area contributed by atoms with Gasteiger partial charge in [-0.1, -0.05) is 37.3 Å². The molecule has 4 aromatic rings. The largest absolute Gasteiger partial charge is 0.307 e. The number of carbonyl (C=O) groups is 1. The Bertz CT molecular complexity index is 1500. The van der Waals surface area contributed by atoms with E-state index in [-0.39, 0.29) is 17.8 Å². The molecule has 5 rings (SSSR count). The lowest BCUT2D eigenvalue weighted by Gasteiger charge is -2.27. The predicted octanol–water partition coefficient (Wildman–Crippen LogP) is 4.07. The van der Waals surface area contributed by atoms with E-state index in [9.17, 15) is 17.6 Å². The summed E-state index contributed by atoms with van der Waals surface area (Å²) >= 11 is 0. The van der Waals surface area contributed by atoms with E-state index in [2.05, 4.69) is 9.82 Å². The number of hydrogen-bond acceptors (Lipinski definition) is 4. The molecule has 1 saturated heterocycles. The van der Waals surface area contributed by atoms with Crippen molar-refractivity contribution in [3.05, 3.63) is 90.4 Å². The van der Waals surface area contributed by atoms with Crippen LogP contribution in [-0.2, 0) is 21.2 Å². The summed E-state index contributed by atoms with van der Waals surface area (Å²) in [6.45, 7) is 1.96. The van der Waals surface area contributed by atoms with Crippen LogP contribution in [0.5, 0.6) is 0 Å². The van der Waals surface area contributed by atoms with Gasteiger partial charge >= 0.3 is 0 Å². The van der Waals surface area contributed by atoms with Crippen LogP contribution in [0, 0.1) is 11.7 Å². The van der Waals surface area contributed by atoms with Crippen LogP contribution in [0.15, 0.2) is 79.0 Å². The molecule has 9 heteroatoms. The van der Waals surface area contributed by atoms with Crippen molar-refractivity contribution in [2.24, 2.45) is 5.92 Å². The number of hydrogen-bond donors (Lipinski definition) is 1. The molecule has 3 aromatic carbocycles. The summed E-state index contributed by atoms with van der Waals surface area (Å²) < 4.78 is 42.3. The lowest BCUT2D eigenvalue weighted by atomic mass is 9.91. The topological polar surface area (TPSA) is 84.3 Å². The van der Waals surface area contributed by atoms with Gasteiger partial charge in [0.25, 0.3) is 0 Å². The monoisotopic (exact) mass is 506 g/mol. The minimum atomic E-state index is -3.54. The smallest absolute Gasteiger partial charge is 0.232 e. The van der Waals surface area contributed by atoms with E-state index in [4.69, 9.17) is 0 Å². The average molecular weight is 507 g/mol. The van der Waals surface area contributed by atoms with Crippen LogP contribution in [-0.4, -0.2) is 42.4 Å². The second kappa shape index (κ2) is 9.48. The van der Waals surface area contributed by atoms with Gasteiger partial charge in [-0.25, -0.2) is 22.2 Å². The molecular weight excluding hydrogens is 479 g/mol. The number of fused-ring (bicyclic) bond motifs is 1. The lowest BCUT2D eigenvalue weighted by Crippen LogP contribution is -2.46. The summed E-state index contributed by atoms with van der Waals surface area (Å²) in [5.74, 6) is -0.972. The van der Waals surface area contributed by atoms with Crippen LogP contribution >= 0.6 is 0 Å². The number of nitrogens with zero attached hydrogens (tertiary/aromatic N) is 3. The van der Waals surface area contributed by atoms with Gasteiger partial charge in [0.05, 0.1) is 41.7 Å². The number of anilines is 1. The maximum Gasteiger partial charge on any atom is 0.232 e. The van der Waals surface area contributed by atoms with Crippen LogP contribution < -0.4 is 9.62 Å². The van der Waals surface area contributed by atoms with Crippen LogP contribution in [0.2, 0.25) is 0 Å². The molecule has 3 atom stereocenters. The molecule has 0 aliphatic carbocycles. The number of amides is 1. The van der Waals surface area contributed by atoms with E-state index in [1.807, 2.05) is 55.5 Å². The fourth-order valence-corrected chi connectivity index (χ4v) is 5.94. The third-order valence-corrected chi connectivity index (χ3v) is 7.40. The fourth-order valence-electron chi connectivity index (χ4n) is 5.13. The minimum absolute atomic E-state index is 0.114. The van der Waals surface area contributed by atoms with Crippen LogP contribution in [0.4, 0.5) is 10.1 Å². The highest BCUT2D eigenvalue weighted by atomic mass is 32.2. The Morgan fingerprint density at radius 1 is 1.00 bits per heavy atom. The number of nitrogens with one attached hydrogen (secondary N) is 1. The standard InChI is InChI=1S/C27H27FN4O3S/c1-3-24-26(30-36(2,34)35)23(15-18-7-5-4-6-8-18)27(33)31(24)22-13-14-25-19(16-22)17-29-32(25)21-11-9-20(28)10-12-21/h4-14,16-17,23-24,26,30H,3,15H2,1-2H3/t23-,24+,26-/m0/s1. The molecular formula is C27H27FN4O3S. The van der Waals surface area contributed by atoms with Gasteiger partial charge in [-0.3, -0.25) is 4.79 Å². The summed E-state index contributed by atoms with van der Waals surface area (Å²) in [4.78, 5) is 15.5. The molecule has 7 nitrogen and oxygen atoms in total. The first-order chi connectivity index (χ1) is 17.2. The predicted molar refractivity (Wildman–Crippen MR) is 138 cm³/mol. The Balaban J connectivity index is 1.53. The van der Waals surface area contributed by atoms with Gasteiger partial charge in [-0.2, -0.15) is 5.10 Å². The molecule has 1 aromatic heterocycles. The van der Waals surface area contributed by atoms with Gasteiger partial charge in [0, 0.05) is 11.1 Å². The zero-order valence-corrected chi connectivity index (χ0v) is 20.8. The van der Waals surface area contributed by atoms with Gasteiger partial charge in [-0.15, -0.1) is 0 Å². The molecule has 0 bridgehead atoms. The maximum absolute atomic E-state index is 13.8. The van der Waals surface area contributed by atoms with Crippen LogP contribution in [0.25, 0.3) is 16.6 Å². The van der Waals surface area contributed by atoms with E-state index in [1.54, 1.807) is 27.9 Å². The van der Waals surface area contributed by atoms with Crippen molar-refractivity contribution in [1.82, 2.24) is 14.5 Å². The minimum Gasteiger partial charge on any atom is -0.307 e. The molecule has 1 fully saturated rings. The third kappa shape index (κ3) is 4.64. The first-order valence-electron chi connectivity index (χ1n) is 11.8. The van der Waals surface area contributed by atoms with Crippen LogP contribution in [0.1, 0.15) is 18.9 Å². The van der Waals surface area contributed by atoms with Gasteiger partial charge in [0.1, 0.15) is 5.82 Å². The Hall–Kier alpha value is -3.56. The summed E-state index contributed by atoms with van der Waals surface area (Å²) in [5.41, 5.74) is 3.21. The zero-order chi connectivity index (χ0) is 25.4. The Kier molecular flexibility index (Phi) is 6.36. The number of rotatable bonds is 7. The summed E-state index contributed by atoms with van der Waals surface area (Å²) in [5, 5.41) is 5.27. The Morgan fingerprint density at radius 2 is 1.69 bits per heavy atom. The van der Waals surface area contributed by atoms with Gasteiger partial charge < -0.3 is 4.90 Å². The average Bonchev–Trinajstić information content (AvgIpc) is 3.38. The van der Waals surface area contributed by atoms with E-state index >= 15 is 0 Å². The van der Waals surface area contributed by atoms with Crippen molar-refractivity contribution >= 4 is 32.5 Å². The summed E-state index contributed by atoms with van der Waals surface area (Å²) in [6.07, 6.45) is 3.85. The number of benzene rings is 3. The van der Waals surface area contributed by atoms with Crippen molar-refractivity contribution in [3.8, 4) is 5.69 Å². The van der Waals surface area contributed by atoms with Gasteiger partial charge in [-0.05, 0) is 60.9 Å². The highest BCUT2D eigenvalue weighted by Gasteiger charge is 2.48. The molecule has 0 saturated carbocycles. The quantitative estimate of drug-likeness (QED) is 0.410. The molecule has 2 heterocycles. The van der Waals surface area contributed by atoms with Crippen molar-refractivity contribution in [2.45, 2.75) is 31.8 Å². The zero-order valence-electron chi connectivity index (χ0n) is 20.0. The van der Waals surface area contributed by atoms with Crippen molar-refractivity contribution in [1.29, 1.82) is 0 Å². The third-order valence-electron chi connectivity index (χ3n) is 6.70. The van der Waals surface area contributed by atoms with E-state index in [1.165, 1.54) is 12.1 Å². The normalized spacial score (nSPS) is 20.4. The number of carbonyl (C=O) groups excluding carboxylic acids is 1. The summed E-state index contributed by atoms with van der Waals surface area (Å²) in [7, 11) is -3.54. The molecule has 0 radical (unpaired) electrons. The second-order valence-electron chi connectivity index (χ2n) is 9.17. The molecule has 1 N–H and O–H groups in total. The van der Waals surface area contributed by atoms with E-state index < -0.39 is 22.0 Å². The first-order valence-corrected chi connectivity index (χ1v) is 13.7. The molecule has 1 aliphatic heterocycles. The molecule has 0 unspecified atom stereocenters. The second-order valence-corrected chi connectivity index (χ2v) is 11.0. The highest BCUT2D eigenvalue weighted by Crippen LogP contribution is 2.36. The molecule has 36 heavy (non-hydrogen) atoms. The van der Waals surface area contributed by atoms with Gasteiger partial charge in [0.2, 0.25) is 15.9 Å². The highest BCUT2D eigenvalue weighted by molar-refractivity contribution is 7.88. The maximum atomic E-state index is 13.8. The molecule has 186 valence electrons. The number of sulfonamides is 1. The van der Waals surface area contributed by atoms with Crippen molar-refractivity contribution in [3.63, 3.8) is 0 Å². The fraction of sp³-hybridized carbons (Fsp3) is 0.259. The molecule has 1 amide bonds. The van der Waals surface area contributed by atoms with E-state index in [0.29, 0.717) is 18.5 Å². The van der Waals surface area contributed by atoms with Gasteiger partial charge in [0.15, 0.2) is 0 Å².